The van der Waals surface area contributed by atoms with Crippen molar-refractivity contribution in [2.75, 3.05) is 6.61 Å². The summed E-state index contributed by atoms with van der Waals surface area (Å²) in [6.07, 6.45) is 1.87. The van der Waals surface area contributed by atoms with Crippen LogP contribution in [0.3, 0.4) is 0 Å². The maximum absolute atomic E-state index is 13.4. The number of aryl methyl sites for hydroxylation is 3. The first-order valence-electron chi connectivity index (χ1n) is 11.6. The van der Waals surface area contributed by atoms with Crippen LogP contribution >= 0.6 is 11.6 Å². The molecule has 0 heterocycles. The van der Waals surface area contributed by atoms with E-state index in [1.807, 2.05) is 32.0 Å². The van der Waals surface area contributed by atoms with Gasteiger partial charge in [-0.1, -0.05) is 24.6 Å². The minimum Gasteiger partial charge on any atom is -0.493 e. The molecule has 1 atom stereocenters. The molecule has 1 N–H and O–H groups in total. The van der Waals surface area contributed by atoms with Crippen molar-refractivity contribution in [3.8, 4) is 23.0 Å². The van der Waals surface area contributed by atoms with Gasteiger partial charge in [-0.05, 0) is 85.8 Å². The van der Waals surface area contributed by atoms with Crippen LogP contribution in [0.15, 0.2) is 54.6 Å². The molecule has 0 aliphatic carbocycles. The van der Waals surface area contributed by atoms with Gasteiger partial charge in [0.2, 0.25) is 0 Å². The van der Waals surface area contributed by atoms with Gasteiger partial charge in [0.1, 0.15) is 17.3 Å². The number of benzene rings is 3. The molecule has 0 spiro atoms. The maximum atomic E-state index is 13.4. The zero-order chi connectivity index (χ0) is 25.4. The van der Waals surface area contributed by atoms with Gasteiger partial charge in [0.15, 0.2) is 11.5 Å². The molecule has 3 aromatic carbocycles. The third-order valence-electron chi connectivity index (χ3n) is 5.55. The van der Waals surface area contributed by atoms with Gasteiger partial charge in [-0.3, -0.25) is 4.79 Å². The van der Waals surface area contributed by atoms with Gasteiger partial charge in [-0.25, -0.2) is 4.39 Å². The zero-order valence-electron chi connectivity index (χ0n) is 20.1. The van der Waals surface area contributed by atoms with E-state index >= 15 is 0 Å². The molecule has 3 rings (SSSR count). The van der Waals surface area contributed by atoms with Crippen LogP contribution in [0.1, 0.15) is 43.4 Å². The number of carbonyl (C=O) groups is 1. The molecule has 35 heavy (non-hydrogen) atoms. The molecule has 0 amide bonds. The Morgan fingerprint density at radius 3 is 2.51 bits per heavy atom. The standard InChI is InChI=1S/C28H30ClFO5/c1-4-20-16-24(9-5-21(20)6-12-28(31)32)33-14-13-19(3)34-26-10-7-22(29)17-27(26)35-25-11-8-23(30)15-18(25)2/h5,7-11,15-17,19H,4,6,12-14H2,1-3H3,(H,31,32)/t19-/m1/s1. The second-order valence-electron chi connectivity index (χ2n) is 8.35. The van der Waals surface area contributed by atoms with E-state index in [1.54, 1.807) is 31.2 Å². The number of carboxylic acids is 1. The number of ether oxygens (including phenoxy) is 3. The van der Waals surface area contributed by atoms with Crippen LogP contribution in [0.25, 0.3) is 0 Å². The second kappa shape index (κ2) is 12.5. The smallest absolute Gasteiger partial charge is 0.303 e. The van der Waals surface area contributed by atoms with E-state index in [4.69, 9.17) is 30.9 Å². The highest BCUT2D eigenvalue weighted by Gasteiger charge is 2.14. The van der Waals surface area contributed by atoms with Crippen molar-refractivity contribution in [2.24, 2.45) is 0 Å². The zero-order valence-corrected chi connectivity index (χ0v) is 20.9. The second-order valence-corrected chi connectivity index (χ2v) is 8.78. The topological polar surface area (TPSA) is 65.0 Å². The highest BCUT2D eigenvalue weighted by molar-refractivity contribution is 6.30. The highest BCUT2D eigenvalue weighted by atomic mass is 35.5. The lowest BCUT2D eigenvalue weighted by atomic mass is 10.0. The third-order valence-corrected chi connectivity index (χ3v) is 5.79. The van der Waals surface area contributed by atoms with Gasteiger partial charge in [0, 0.05) is 23.9 Å². The summed E-state index contributed by atoms with van der Waals surface area (Å²) < 4.78 is 31.4. The van der Waals surface area contributed by atoms with E-state index in [9.17, 15) is 9.18 Å². The van der Waals surface area contributed by atoms with Crippen molar-refractivity contribution in [3.05, 3.63) is 82.1 Å². The third kappa shape index (κ3) is 7.89. The maximum Gasteiger partial charge on any atom is 0.303 e. The summed E-state index contributed by atoms with van der Waals surface area (Å²) in [7, 11) is 0. The SMILES string of the molecule is CCc1cc(OCC[C@@H](C)Oc2ccc(Cl)cc2Oc2ccc(F)cc2C)ccc1CCC(=O)O. The molecule has 0 unspecified atom stereocenters. The van der Waals surface area contributed by atoms with E-state index in [-0.39, 0.29) is 18.3 Å². The van der Waals surface area contributed by atoms with Crippen molar-refractivity contribution >= 4 is 17.6 Å². The van der Waals surface area contributed by atoms with Gasteiger partial charge in [-0.15, -0.1) is 0 Å². The van der Waals surface area contributed by atoms with Crippen LogP contribution in [0.2, 0.25) is 5.02 Å². The summed E-state index contributed by atoms with van der Waals surface area (Å²) in [6, 6.07) is 15.2. The Kier molecular flexibility index (Phi) is 9.38. The Bertz CT molecular complexity index is 1160. The first kappa shape index (κ1) is 26.4. The number of carboxylic acid groups (broad SMARTS) is 1. The summed E-state index contributed by atoms with van der Waals surface area (Å²) in [5.74, 6) is 1.12. The quantitative estimate of drug-likeness (QED) is 0.281. The number of hydrogen-bond acceptors (Lipinski definition) is 4. The van der Waals surface area contributed by atoms with Crippen LogP contribution in [-0.4, -0.2) is 23.8 Å². The van der Waals surface area contributed by atoms with Crippen LogP contribution in [0.4, 0.5) is 4.39 Å². The molecule has 5 nitrogen and oxygen atoms in total. The van der Waals surface area contributed by atoms with Gasteiger partial charge < -0.3 is 19.3 Å². The van der Waals surface area contributed by atoms with E-state index < -0.39 is 5.97 Å². The van der Waals surface area contributed by atoms with Crippen molar-refractivity contribution in [1.82, 2.24) is 0 Å². The Balaban J connectivity index is 1.59. The van der Waals surface area contributed by atoms with E-state index in [0.29, 0.717) is 47.3 Å². The average Bonchev–Trinajstić information content (AvgIpc) is 2.81. The first-order chi connectivity index (χ1) is 16.7. The number of rotatable bonds is 12. The number of aliphatic carboxylic acids is 1. The highest BCUT2D eigenvalue weighted by Crippen LogP contribution is 2.36. The fraction of sp³-hybridized carbons (Fsp3) is 0.321. The average molecular weight is 501 g/mol. The van der Waals surface area contributed by atoms with Crippen LogP contribution in [-0.2, 0) is 17.6 Å². The molecular formula is C28H30ClFO5. The van der Waals surface area contributed by atoms with Crippen molar-refractivity contribution < 1.29 is 28.5 Å². The van der Waals surface area contributed by atoms with Gasteiger partial charge >= 0.3 is 5.97 Å². The monoisotopic (exact) mass is 500 g/mol. The molecule has 0 saturated heterocycles. The minimum absolute atomic E-state index is 0.110. The van der Waals surface area contributed by atoms with Gasteiger partial charge in [0.25, 0.3) is 0 Å². The summed E-state index contributed by atoms with van der Waals surface area (Å²) in [4.78, 5) is 10.9. The first-order valence-corrected chi connectivity index (χ1v) is 12.0. The van der Waals surface area contributed by atoms with Gasteiger partial charge in [0.05, 0.1) is 12.7 Å². The minimum atomic E-state index is -0.802. The molecule has 0 saturated carbocycles. The lowest BCUT2D eigenvalue weighted by Crippen LogP contribution is -2.16. The summed E-state index contributed by atoms with van der Waals surface area (Å²) in [5, 5.41) is 9.43. The predicted molar refractivity (Wildman–Crippen MR) is 135 cm³/mol. The largest absolute Gasteiger partial charge is 0.493 e. The molecule has 7 heteroatoms. The lowest BCUT2D eigenvalue weighted by Gasteiger charge is -2.19. The summed E-state index contributed by atoms with van der Waals surface area (Å²) in [6.45, 7) is 6.20. The molecule has 0 aromatic heterocycles. The molecule has 0 bridgehead atoms. The summed E-state index contributed by atoms with van der Waals surface area (Å²) >= 11 is 6.16. The van der Waals surface area contributed by atoms with Crippen molar-refractivity contribution in [3.63, 3.8) is 0 Å². The molecule has 0 radical (unpaired) electrons. The van der Waals surface area contributed by atoms with Crippen LogP contribution < -0.4 is 14.2 Å². The fourth-order valence-corrected chi connectivity index (χ4v) is 3.79. The Morgan fingerprint density at radius 2 is 1.80 bits per heavy atom. The normalized spacial score (nSPS) is 11.7. The Hall–Kier alpha value is -3.25. The van der Waals surface area contributed by atoms with E-state index in [0.717, 1.165) is 23.3 Å². The molecule has 0 aliphatic heterocycles. The lowest BCUT2D eigenvalue weighted by molar-refractivity contribution is -0.136. The van der Waals surface area contributed by atoms with E-state index in [1.165, 1.54) is 12.1 Å². The Labute approximate surface area is 210 Å². The predicted octanol–water partition coefficient (Wildman–Crippen LogP) is 7.40. The number of hydrogen-bond donors (Lipinski definition) is 1. The molecule has 0 aliphatic rings. The van der Waals surface area contributed by atoms with Crippen LogP contribution in [0, 0.1) is 12.7 Å². The van der Waals surface area contributed by atoms with E-state index in [2.05, 4.69) is 0 Å². The van der Waals surface area contributed by atoms with Crippen molar-refractivity contribution in [1.29, 1.82) is 0 Å². The van der Waals surface area contributed by atoms with Crippen molar-refractivity contribution in [2.45, 2.75) is 52.6 Å². The molecule has 186 valence electrons. The van der Waals surface area contributed by atoms with Crippen LogP contribution in [0.5, 0.6) is 23.0 Å². The van der Waals surface area contributed by atoms with Gasteiger partial charge in [-0.2, -0.15) is 0 Å². The number of halogens is 2. The molecular weight excluding hydrogens is 471 g/mol. The molecule has 0 fully saturated rings. The summed E-state index contributed by atoms with van der Waals surface area (Å²) in [5.41, 5.74) is 2.79. The molecule has 3 aromatic rings. The Morgan fingerprint density at radius 1 is 1.03 bits per heavy atom. The fourth-order valence-electron chi connectivity index (χ4n) is 3.63.